The number of carboxylic acids is 1. The first kappa shape index (κ1) is 37.1. The van der Waals surface area contributed by atoms with E-state index in [1.54, 1.807) is 12.1 Å². The Morgan fingerprint density at radius 3 is 2.20 bits per heavy atom. The smallest absolute Gasteiger partial charge is 0.335 e. The fraction of sp³-hybridized carbons (Fsp3) is 0.721. The lowest BCUT2D eigenvalue weighted by Crippen LogP contribution is -2.69. The van der Waals surface area contributed by atoms with Gasteiger partial charge in [0.05, 0.1) is 12.2 Å². The summed E-state index contributed by atoms with van der Waals surface area (Å²) < 4.78 is 0. The number of aliphatic hydroxyl groups excluding tert-OH is 1. The third-order valence-corrected chi connectivity index (χ3v) is 15.9. The Morgan fingerprint density at radius 2 is 1.58 bits per heavy atom. The average Bonchev–Trinajstić information content (AvgIpc) is 3.42. The van der Waals surface area contributed by atoms with Crippen molar-refractivity contribution in [2.45, 2.75) is 105 Å². The fourth-order valence-corrected chi connectivity index (χ4v) is 13.3. The van der Waals surface area contributed by atoms with Crippen LogP contribution in [0.15, 0.2) is 42.5 Å². The van der Waals surface area contributed by atoms with Crippen LogP contribution in [0.4, 0.5) is 4.79 Å². The lowest BCUT2D eigenvalue weighted by Gasteiger charge is -2.72. The van der Waals surface area contributed by atoms with Crippen LogP contribution in [-0.4, -0.2) is 77.9 Å². The van der Waals surface area contributed by atoms with Gasteiger partial charge in [0, 0.05) is 25.2 Å². The molecule has 0 radical (unpaired) electrons. The lowest BCUT2D eigenvalue weighted by atomic mass is 9.33. The van der Waals surface area contributed by atoms with Crippen molar-refractivity contribution in [3.8, 4) is 0 Å². The van der Waals surface area contributed by atoms with Gasteiger partial charge < -0.3 is 25.3 Å². The van der Waals surface area contributed by atoms with E-state index >= 15 is 0 Å². The number of carboxylic acid groups (broad SMARTS) is 1. The number of nitrogens with one attached hydrogen (secondary N) is 1. The normalized spacial score (nSPS) is 38.6. The van der Waals surface area contributed by atoms with E-state index in [0.717, 1.165) is 44.2 Å². The Bertz CT molecular complexity index is 1520. The number of benzene rings is 1. The summed E-state index contributed by atoms with van der Waals surface area (Å²) in [5.41, 5.74) is 4.41. The molecule has 2 amide bonds. The predicted octanol–water partition coefficient (Wildman–Crippen LogP) is 8.35. The van der Waals surface area contributed by atoms with E-state index in [2.05, 4.69) is 64.4 Å². The number of aliphatic hydroxyl groups is 1. The summed E-state index contributed by atoms with van der Waals surface area (Å²) in [6, 6.07) is 7.51. The van der Waals surface area contributed by atoms with E-state index in [9.17, 15) is 19.8 Å². The molecular formula is C43H65N3O4. The van der Waals surface area contributed by atoms with Crippen LogP contribution in [-0.2, 0) is 0 Å². The standard InChI is InChI=1S/C43H65N3O4/c1-28(2)31-16-21-43(44-38(50)46(26-27-47)25-24-45(8)9)23-22-41(6)33(36(31)43)14-15-35-40(5)19-17-32(29-10-12-30(13-11-29)37(48)49)39(3,4)34(40)18-20-42(35,41)7/h10-13,17,31,33-36,47H,1,14-16,18-27H2,2-9H3,(H,44,50)(H,48,49). The highest BCUT2D eigenvalue weighted by Crippen LogP contribution is 2.76. The predicted molar refractivity (Wildman–Crippen MR) is 202 cm³/mol. The zero-order chi connectivity index (χ0) is 36.4. The number of nitrogens with zero attached hydrogens (tertiary/aromatic N) is 2. The first-order valence-corrected chi connectivity index (χ1v) is 19.5. The Morgan fingerprint density at radius 1 is 0.880 bits per heavy atom. The molecule has 4 saturated carbocycles. The van der Waals surface area contributed by atoms with E-state index in [1.807, 2.05) is 31.1 Å². The van der Waals surface area contributed by atoms with Gasteiger partial charge >= 0.3 is 12.0 Å². The summed E-state index contributed by atoms with van der Waals surface area (Å²) in [7, 11) is 4.05. The largest absolute Gasteiger partial charge is 0.478 e. The van der Waals surface area contributed by atoms with Crippen molar-refractivity contribution in [3.05, 3.63) is 53.6 Å². The molecule has 9 unspecified atom stereocenters. The van der Waals surface area contributed by atoms with Gasteiger partial charge in [0.1, 0.15) is 0 Å². The van der Waals surface area contributed by atoms with E-state index in [4.69, 9.17) is 0 Å². The molecule has 6 rings (SSSR count). The SMILES string of the molecule is C=C(C)C1CCC2(NC(=O)N(CCO)CCN(C)C)CCC3(C)C(CCC4C5(C)CC=C(c6ccc(C(=O)O)cc6)C(C)(C)C5CCC43C)C12. The zero-order valence-corrected chi connectivity index (χ0v) is 32.3. The molecule has 0 bridgehead atoms. The molecule has 3 N–H and O–H groups in total. The van der Waals surface area contributed by atoms with Gasteiger partial charge in [-0.15, -0.1) is 0 Å². The van der Waals surface area contributed by atoms with Gasteiger partial charge in [0.25, 0.3) is 0 Å². The molecule has 0 aliphatic heterocycles. The van der Waals surface area contributed by atoms with Gasteiger partial charge in [0.2, 0.25) is 0 Å². The third-order valence-electron chi connectivity index (χ3n) is 15.9. The summed E-state index contributed by atoms with van der Waals surface area (Å²) in [5.74, 6) is 1.58. The maximum absolute atomic E-state index is 14.0. The minimum atomic E-state index is -0.880. The molecule has 0 saturated heterocycles. The highest BCUT2D eigenvalue weighted by atomic mass is 16.4. The Labute approximate surface area is 302 Å². The molecule has 5 aliphatic carbocycles. The molecule has 7 heteroatoms. The van der Waals surface area contributed by atoms with Gasteiger partial charge in [-0.05, 0) is 153 Å². The summed E-state index contributed by atoms with van der Waals surface area (Å²) in [5, 5.41) is 23.0. The highest BCUT2D eigenvalue weighted by molar-refractivity contribution is 5.88. The molecular weight excluding hydrogens is 622 g/mol. The van der Waals surface area contributed by atoms with Crippen molar-refractivity contribution < 1.29 is 19.8 Å². The molecule has 5 aliphatic rings. The number of rotatable bonds is 9. The van der Waals surface area contributed by atoms with Crippen LogP contribution in [0.2, 0.25) is 0 Å². The summed E-state index contributed by atoms with van der Waals surface area (Å²) in [6.07, 6.45) is 12.6. The van der Waals surface area contributed by atoms with E-state index in [0.29, 0.717) is 48.2 Å². The number of hydrogen-bond acceptors (Lipinski definition) is 4. The van der Waals surface area contributed by atoms with E-state index < -0.39 is 5.97 Å². The Hall–Kier alpha value is -2.64. The fourth-order valence-electron chi connectivity index (χ4n) is 13.3. The van der Waals surface area contributed by atoms with Gasteiger partial charge in [-0.1, -0.05) is 65.0 Å². The first-order chi connectivity index (χ1) is 23.4. The Kier molecular flexibility index (Phi) is 9.72. The van der Waals surface area contributed by atoms with Crippen molar-refractivity contribution >= 4 is 17.6 Å². The second-order valence-electron chi connectivity index (χ2n) is 18.7. The number of hydrogen-bond donors (Lipinski definition) is 3. The van der Waals surface area contributed by atoms with Crippen LogP contribution in [0.25, 0.3) is 5.57 Å². The number of aromatic carboxylic acids is 1. The van der Waals surface area contributed by atoms with Gasteiger partial charge in [-0.25, -0.2) is 9.59 Å². The van der Waals surface area contributed by atoms with Crippen molar-refractivity contribution in [2.75, 3.05) is 40.3 Å². The quantitative estimate of drug-likeness (QED) is 0.227. The number of allylic oxidation sites excluding steroid dienone is 3. The van der Waals surface area contributed by atoms with Crippen LogP contribution in [0.5, 0.6) is 0 Å². The van der Waals surface area contributed by atoms with E-state index in [1.165, 1.54) is 36.8 Å². The number of carbonyl (C=O) groups excluding carboxylic acids is 1. The van der Waals surface area contributed by atoms with Crippen LogP contribution in [0.1, 0.15) is 115 Å². The molecule has 1 aromatic carbocycles. The summed E-state index contributed by atoms with van der Waals surface area (Å²) in [6.45, 7) is 21.2. The topological polar surface area (TPSA) is 93.1 Å². The van der Waals surface area contributed by atoms with Crippen LogP contribution in [0.3, 0.4) is 0 Å². The van der Waals surface area contributed by atoms with Crippen molar-refractivity contribution in [2.24, 2.45) is 51.2 Å². The van der Waals surface area contributed by atoms with Gasteiger partial charge in [-0.3, -0.25) is 0 Å². The van der Waals surface area contributed by atoms with Gasteiger partial charge in [0.15, 0.2) is 0 Å². The number of likely N-dealkylation sites (N-methyl/N-ethyl adjacent to an activating group) is 1. The minimum absolute atomic E-state index is 0.0191. The molecule has 4 fully saturated rings. The molecule has 0 aromatic heterocycles. The second kappa shape index (κ2) is 13.1. The molecule has 276 valence electrons. The average molecular weight is 688 g/mol. The first-order valence-electron chi connectivity index (χ1n) is 19.5. The maximum atomic E-state index is 14.0. The highest BCUT2D eigenvalue weighted by Gasteiger charge is 2.70. The van der Waals surface area contributed by atoms with Crippen molar-refractivity contribution in [1.29, 1.82) is 0 Å². The number of carbonyl (C=O) groups is 2. The van der Waals surface area contributed by atoms with Gasteiger partial charge in [-0.2, -0.15) is 0 Å². The zero-order valence-electron chi connectivity index (χ0n) is 32.3. The Balaban J connectivity index is 1.31. The second-order valence-corrected chi connectivity index (χ2v) is 18.7. The monoisotopic (exact) mass is 687 g/mol. The molecule has 0 spiro atoms. The summed E-state index contributed by atoms with van der Waals surface area (Å²) >= 11 is 0. The van der Waals surface area contributed by atoms with Crippen molar-refractivity contribution in [1.82, 2.24) is 15.1 Å². The lowest BCUT2D eigenvalue weighted by molar-refractivity contribution is -0.218. The molecule has 0 heterocycles. The number of amides is 2. The van der Waals surface area contributed by atoms with E-state index in [-0.39, 0.29) is 39.8 Å². The van der Waals surface area contributed by atoms with Crippen LogP contribution in [0, 0.1) is 51.2 Å². The molecule has 1 aromatic rings. The third kappa shape index (κ3) is 5.68. The minimum Gasteiger partial charge on any atom is -0.478 e. The molecule has 50 heavy (non-hydrogen) atoms. The molecule has 7 nitrogen and oxygen atoms in total. The molecule has 9 atom stereocenters. The number of urea groups is 1. The summed E-state index contributed by atoms with van der Waals surface area (Å²) in [4.78, 5) is 29.5. The van der Waals surface area contributed by atoms with Crippen molar-refractivity contribution in [3.63, 3.8) is 0 Å². The van der Waals surface area contributed by atoms with Crippen LogP contribution < -0.4 is 5.32 Å². The number of fused-ring (bicyclic) bond motifs is 7. The maximum Gasteiger partial charge on any atom is 0.335 e. The van der Waals surface area contributed by atoms with Crippen LogP contribution >= 0.6 is 0 Å².